The third kappa shape index (κ3) is 3.34. The van der Waals surface area contributed by atoms with Crippen LogP contribution in [0.2, 0.25) is 5.02 Å². The Bertz CT molecular complexity index is 1520. The van der Waals surface area contributed by atoms with Crippen molar-refractivity contribution in [2.45, 2.75) is 0 Å². The monoisotopic (exact) mass is 442 g/mol. The smallest absolute Gasteiger partial charge is 0.267 e. The third-order valence-electron chi connectivity index (χ3n) is 5.05. The number of carbonyl (C=O) groups is 1. The van der Waals surface area contributed by atoms with Crippen molar-refractivity contribution in [2.75, 3.05) is 0 Å². The van der Waals surface area contributed by atoms with E-state index in [1.807, 2.05) is 6.07 Å². The second-order valence-corrected chi connectivity index (χ2v) is 7.47. The lowest BCUT2D eigenvalue weighted by atomic mass is 10.1. The van der Waals surface area contributed by atoms with Crippen LogP contribution in [-0.2, 0) is 0 Å². The molecule has 0 spiro atoms. The highest BCUT2D eigenvalue weighted by Crippen LogP contribution is 2.28. The number of amides is 1. The molecule has 2 aromatic carbocycles. The molecule has 0 radical (unpaired) electrons. The van der Waals surface area contributed by atoms with Gasteiger partial charge in [0, 0.05) is 17.3 Å². The SMILES string of the molecule is NC(=O)c1ccoc1-c1ccc(-c2nc3ccccc3c(=O)n2-c2ccc(Cl)cn2)cc1. The lowest BCUT2D eigenvalue weighted by Gasteiger charge is -2.13. The Morgan fingerprint density at radius 3 is 2.44 bits per heavy atom. The number of nitrogens with zero attached hydrogens (tertiary/aromatic N) is 3. The van der Waals surface area contributed by atoms with Crippen molar-refractivity contribution in [2.24, 2.45) is 5.73 Å². The highest BCUT2D eigenvalue weighted by Gasteiger charge is 2.17. The summed E-state index contributed by atoms with van der Waals surface area (Å²) in [7, 11) is 0. The number of nitrogens with two attached hydrogens (primary N) is 1. The number of hydrogen-bond donors (Lipinski definition) is 1. The van der Waals surface area contributed by atoms with Crippen LogP contribution in [0.3, 0.4) is 0 Å². The fourth-order valence-electron chi connectivity index (χ4n) is 3.54. The zero-order valence-electron chi connectivity index (χ0n) is 16.5. The first-order valence-corrected chi connectivity index (χ1v) is 10.0. The highest BCUT2D eigenvalue weighted by molar-refractivity contribution is 6.30. The molecule has 5 rings (SSSR count). The molecule has 2 N–H and O–H groups in total. The number of halogens is 1. The molecule has 32 heavy (non-hydrogen) atoms. The van der Waals surface area contributed by atoms with Gasteiger partial charge in [0.1, 0.15) is 17.4 Å². The van der Waals surface area contributed by atoms with Gasteiger partial charge in [0.25, 0.3) is 11.5 Å². The van der Waals surface area contributed by atoms with E-state index in [0.29, 0.717) is 50.0 Å². The van der Waals surface area contributed by atoms with Crippen molar-refractivity contribution in [3.8, 4) is 28.5 Å². The number of primary amides is 1. The van der Waals surface area contributed by atoms with E-state index in [0.717, 1.165) is 0 Å². The molecule has 0 unspecified atom stereocenters. The molecule has 0 aliphatic carbocycles. The van der Waals surface area contributed by atoms with E-state index in [4.69, 9.17) is 26.7 Å². The number of fused-ring (bicyclic) bond motifs is 1. The van der Waals surface area contributed by atoms with E-state index in [-0.39, 0.29) is 5.56 Å². The normalized spacial score (nSPS) is 11.0. The summed E-state index contributed by atoms with van der Waals surface area (Å²) in [5.41, 5.74) is 7.40. The summed E-state index contributed by atoms with van der Waals surface area (Å²) in [5.74, 6) is 0.632. The zero-order valence-corrected chi connectivity index (χ0v) is 17.3. The molecular formula is C24H15ClN4O3. The third-order valence-corrected chi connectivity index (χ3v) is 5.28. The lowest BCUT2D eigenvalue weighted by Crippen LogP contribution is -2.22. The molecule has 156 valence electrons. The molecule has 0 saturated carbocycles. The van der Waals surface area contributed by atoms with Crippen LogP contribution >= 0.6 is 11.6 Å². The summed E-state index contributed by atoms with van der Waals surface area (Å²) in [6.07, 6.45) is 2.89. The van der Waals surface area contributed by atoms with Crippen LogP contribution in [0.4, 0.5) is 0 Å². The molecule has 7 nitrogen and oxygen atoms in total. The topological polar surface area (TPSA) is 104 Å². The van der Waals surface area contributed by atoms with Crippen LogP contribution in [0.25, 0.3) is 39.4 Å². The number of hydrogen-bond acceptors (Lipinski definition) is 5. The van der Waals surface area contributed by atoms with Crippen LogP contribution < -0.4 is 11.3 Å². The van der Waals surface area contributed by atoms with Crippen LogP contribution in [0.1, 0.15) is 10.4 Å². The molecular weight excluding hydrogens is 428 g/mol. The van der Waals surface area contributed by atoms with E-state index in [2.05, 4.69) is 4.98 Å². The van der Waals surface area contributed by atoms with E-state index >= 15 is 0 Å². The van der Waals surface area contributed by atoms with Gasteiger partial charge >= 0.3 is 0 Å². The van der Waals surface area contributed by atoms with Crippen LogP contribution in [0.5, 0.6) is 0 Å². The minimum absolute atomic E-state index is 0.244. The minimum Gasteiger partial charge on any atom is -0.464 e. The molecule has 5 aromatic rings. The summed E-state index contributed by atoms with van der Waals surface area (Å²) in [6.45, 7) is 0. The second-order valence-electron chi connectivity index (χ2n) is 7.03. The molecule has 0 saturated heterocycles. The summed E-state index contributed by atoms with van der Waals surface area (Å²) < 4.78 is 6.90. The van der Waals surface area contributed by atoms with Gasteiger partial charge in [-0.05, 0) is 30.3 Å². The van der Waals surface area contributed by atoms with Crippen molar-refractivity contribution < 1.29 is 9.21 Å². The van der Waals surface area contributed by atoms with Crippen molar-refractivity contribution in [3.05, 3.63) is 100 Å². The van der Waals surface area contributed by atoms with Gasteiger partial charge in [-0.15, -0.1) is 0 Å². The number of carbonyl (C=O) groups excluding carboxylic acids is 1. The number of para-hydroxylation sites is 1. The molecule has 8 heteroatoms. The Hall–Kier alpha value is -4.23. The number of aromatic nitrogens is 3. The zero-order chi connectivity index (χ0) is 22.2. The first-order valence-electron chi connectivity index (χ1n) is 9.65. The predicted molar refractivity (Wildman–Crippen MR) is 122 cm³/mol. The average molecular weight is 443 g/mol. The number of rotatable bonds is 4. The van der Waals surface area contributed by atoms with Crippen molar-refractivity contribution >= 4 is 28.4 Å². The van der Waals surface area contributed by atoms with Gasteiger partial charge < -0.3 is 10.2 Å². The largest absolute Gasteiger partial charge is 0.464 e. The quantitative estimate of drug-likeness (QED) is 0.442. The molecule has 0 bridgehead atoms. The molecule has 0 aliphatic rings. The maximum atomic E-state index is 13.4. The molecule has 0 aliphatic heterocycles. The second kappa shape index (κ2) is 7.79. The summed E-state index contributed by atoms with van der Waals surface area (Å²) in [6, 6.07) is 19.2. The Balaban J connectivity index is 1.70. The Kier molecular flexibility index (Phi) is 4.80. The van der Waals surface area contributed by atoms with Gasteiger partial charge in [-0.3, -0.25) is 9.59 Å². The van der Waals surface area contributed by atoms with Crippen LogP contribution in [-0.4, -0.2) is 20.4 Å². The Morgan fingerprint density at radius 2 is 1.72 bits per heavy atom. The average Bonchev–Trinajstić information content (AvgIpc) is 3.30. The summed E-state index contributed by atoms with van der Waals surface area (Å²) in [4.78, 5) is 34.0. The maximum Gasteiger partial charge on any atom is 0.267 e. The van der Waals surface area contributed by atoms with E-state index < -0.39 is 5.91 Å². The highest BCUT2D eigenvalue weighted by atomic mass is 35.5. The Labute approximate surface area is 186 Å². The van der Waals surface area contributed by atoms with Gasteiger partial charge in [0.2, 0.25) is 0 Å². The van der Waals surface area contributed by atoms with E-state index in [1.165, 1.54) is 23.1 Å². The number of furan rings is 1. The molecule has 3 aromatic heterocycles. The fourth-order valence-corrected chi connectivity index (χ4v) is 3.65. The minimum atomic E-state index is -0.573. The van der Waals surface area contributed by atoms with Gasteiger partial charge in [0.15, 0.2) is 0 Å². The maximum absolute atomic E-state index is 13.4. The van der Waals surface area contributed by atoms with Crippen LogP contribution in [0, 0.1) is 0 Å². The lowest BCUT2D eigenvalue weighted by molar-refractivity contribution is 0.100. The summed E-state index contributed by atoms with van der Waals surface area (Å²) in [5, 5.41) is 0.941. The van der Waals surface area contributed by atoms with Gasteiger partial charge in [-0.1, -0.05) is 48.0 Å². The standard InChI is InChI=1S/C24H15ClN4O3/c25-16-9-10-20(27-13-16)29-23(28-19-4-2-1-3-17(19)24(29)31)15-7-5-14(6-8-15)21-18(22(26)30)11-12-32-21/h1-13H,(H2,26,30). The summed E-state index contributed by atoms with van der Waals surface area (Å²) >= 11 is 5.98. The Morgan fingerprint density at radius 1 is 0.969 bits per heavy atom. The first kappa shape index (κ1) is 19.7. The van der Waals surface area contributed by atoms with Crippen molar-refractivity contribution in [1.82, 2.24) is 14.5 Å². The predicted octanol–water partition coefficient (Wildman–Crippen LogP) is 4.46. The van der Waals surface area contributed by atoms with E-state index in [1.54, 1.807) is 54.6 Å². The molecule has 1 amide bonds. The first-order chi connectivity index (χ1) is 15.5. The van der Waals surface area contributed by atoms with E-state index in [9.17, 15) is 9.59 Å². The van der Waals surface area contributed by atoms with Crippen molar-refractivity contribution in [3.63, 3.8) is 0 Å². The fraction of sp³-hybridized carbons (Fsp3) is 0. The number of pyridine rings is 1. The molecule has 0 atom stereocenters. The van der Waals surface area contributed by atoms with Crippen molar-refractivity contribution in [1.29, 1.82) is 0 Å². The number of benzene rings is 2. The van der Waals surface area contributed by atoms with Crippen LogP contribution in [0.15, 0.2) is 88.4 Å². The molecule has 3 heterocycles. The van der Waals surface area contributed by atoms with Gasteiger partial charge in [-0.25, -0.2) is 14.5 Å². The van der Waals surface area contributed by atoms with Gasteiger partial charge in [-0.2, -0.15) is 0 Å². The van der Waals surface area contributed by atoms with Gasteiger partial charge in [0.05, 0.1) is 27.8 Å². The molecule has 0 fully saturated rings.